The van der Waals surface area contributed by atoms with E-state index in [2.05, 4.69) is 10.2 Å². The molecule has 1 saturated carbocycles. The van der Waals surface area contributed by atoms with Gasteiger partial charge in [-0.1, -0.05) is 6.42 Å². The summed E-state index contributed by atoms with van der Waals surface area (Å²) in [5.41, 5.74) is 16.7. The Balaban J connectivity index is 0.000000184. The van der Waals surface area contributed by atoms with E-state index < -0.39 is 0 Å². The van der Waals surface area contributed by atoms with Crippen molar-refractivity contribution >= 4 is 0 Å². The number of hydrogen-bond acceptors (Lipinski definition) is 5. The predicted molar refractivity (Wildman–Crippen MR) is 77.4 cm³/mol. The zero-order valence-corrected chi connectivity index (χ0v) is 11.6. The summed E-state index contributed by atoms with van der Waals surface area (Å²) in [6.07, 6.45) is 5.74. The molecule has 0 radical (unpaired) electrons. The van der Waals surface area contributed by atoms with Crippen molar-refractivity contribution in [1.29, 1.82) is 0 Å². The summed E-state index contributed by atoms with van der Waals surface area (Å²) >= 11 is 0. The largest absolute Gasteiger partial charge is 0.330 e. The van der Waals surface area contributed by atoms with E-state index >= 15 is 0 Å². The zero-order chi connectivity index (χ0) is 13.2. The molecule has 0 aromatic carbocycles. The second-order valence-electron chi connectivity index (χ2n) is 5.42. The number of nitrogens with two attached hydrogens (primary N) is 3. The van der Waals surface area contributed by atoms with Crippen molar-refractivity contribution in [3.63, 3.8) is 0 Å². The van der Waals surface area contributed by atoms with Gasteiger partial charge in [-0.2, -0.15) is 0 Å². The van der Waals surface area contributed by atoms with E-state index in [4.69, 9.17) is 17.2 Å². The van der Waals surface area contributed by atoms with Gasteiger partial charge < -0.3 is 27.4 Å². The highest BCUT2D eigenvalue weighted by molar-refractivity contribution is 4.76. The average molecular weight is 257 g/mol. The molecular weight excluding hydrogens is 226 g/mol. The molecule has 0 bridgehead atoms. The van der Waals surface area contributed by atoms with Crippen LogP contribution in [0.4, 0.5) is 0 Å². The van der Waals surface area contributed by atoms with Crippen molar-refractivity contribution in [2.45, 2.75) is 44.2 Å². The van der Waals surface area contributed by atoms with E-state index in [0.29, 0.717) is 12.1 Å². The lowest BCUT2D eigenvalue weighted by molar-refractivity contribution is 0.240. The summed E-state index contributed by atoms with van der Waals surface area (Å²) in [6, 6.07) is 0.775. The Hall–Kier alpha value is -0.200. The predicted octanol–water partition coefficient (Wildman–Crippen LogP) is -0.545. The molecule has 5 nitrogen and oxygen atoms in total. The van der Waals surface area contributed by atoms with Crippen LogP contribution in [-0.2, 0) is 0 Å². The maximum atomic E-state index is 5.65. The van der Waals surface area contributed by atoms with E-state index in [1.807, 2.05) is 0 Å². The monoisotopic (exact) mass is 257 g/mol. The first-order valence-corrected chi connectivity index (χ1v) is 7.36. The minimum atomic E-state index is 0.388. The third-order valence-electron chi connectivity index (χ3n) is 3.64. The van der Waals surface area contributed by atoms with E-state index in [1.165, 1.54) is 38.9 Å². The highest BCUT2D eigenvalue weighted by atomic mass is 15.2. The molecule has 0 amide bonds. The normalized spacial score (nSPS) is 29.5. The van der Waals surface area contributed by atoms with Crippen LogP contribution < -0.4 is 22.5 Å². The van der Waals surface area contributed by atoms with Gasteiger partial charge >= 0.3 is 0 Å². The van der Waals surface area contributed by atoms with Crippen molar-refractivity contribution in [2.75, 3.05) is 39.3 Å². The molecule has 5 heteroatoms. The first-order chi connectivity index (χ1) is 8.72. The third kappa shape index (κ3) is 7.28. The van der Waals surface area contributed by atoms with Crippen molar-refractivity contribution < 1.29 is 0 Å². The van der Waals surface area contributed by atoms with Crippen LogP contribution >= 0.6 is 0 Å². The van der Waals surface area contributed by atoms with E-state index in [-0.39, 0.29) is 0 Å². The van der Waals surface area contributed by atoms with Gasteiger partial charge in [-0.05, 0) is 38.8 Å². The summed E-state index contributed by atoms with van der Waals surface area (Å²) in [4.78, 5) is 2.46. The Morgan fingerprint density at radius 2 is 1.67 bits per heavy atom. The molecule has 2 unspecified atom stereocenters. The molecule has 18 heavy (non-hydrogen) atoms. The van der Waals surface area contributed by atoms with Crippen molar-refractivity contribution in [3.8, 4) is 0 Å². The van der Waals surface area contributed by atoms with Gasteiger partial charge in [0.15, 0.2) is 0 Å². The van der Waals surface area contributed by atoms with Crippen LogP contribution in [0.1, 0.15) is 32.1 Å². The quantitative estimate of drug-likeness (QED) is 0.545. The molecule has 108 valence electrons. The Bertz CT molecular complexity index is 186. The molecule has 1 saturated heterocycles. The van der Waals surface area contributed by atoms with Gasteiger partial charge in [0.1, 0.15) is 0 Å². The van der Waals surface area contributed by atoms with Crippen LogP contribution in [-0.4, -0.2) is 56.3 Å². The van der Waals surface area contributed by atoms with Crippen LogP contribution in [0, 0.1) is 0 Å². The Morgan fingerprint density at radius 3 is 2.11 bits per heavy atom. The van der Waals surface area contributed by atoms with Gasteiger partial charge in [0, 0.05) is 38.3 Å². The molecule has 0 aromatic heterocycles. The number of nitrogens with zero attached hydrogens (tertiary/aromatic N) is 1. The molecule has 1 aliphatic heterocycles. The summed E-state index contributed by atoms with van der Waals surface area (Å²) in [6.45, 7) is 6.68. The Morgan fingerprint density at radius 1 is 1.06 bits per heavy atom. The summed E-state index contributed by atoms with van der Waals surface area (Å²) in [5.74, 6) is 0. The smallest absolute Gasteiger partial charge is 0.0107 e. The summed E-state index contributed by atoms with van der Waals surface area (Å²) in [5, 5.41) is 3.32. The topological polar surface area (TPSA) is 93.3 Å². The Kier molecular flexibility index (Phi) is 8.54. The highest BCUT2D eigenvalue weighted by Gasteiger charge is 2.14. The van der Waals surface area contributed by atoms with Gasteiger partial charge in [-0.3, -0.25) is 0 Å². The number of hydrogen-bond donors (Lipinski definition) is 4. The van der Waals surface area contributed by atoms with Crippen LogP contribution in [0.15, 0.2) is 0 Å². The third-order valence-corrected chi connectivity index (χ3v) is 3.64. The van der Waals surface area contributed by atoms with E-state index in [0.717, 1.165) is 32.5 Å². The lowest BCUT2D eigenvalue weighted by atomic mass is 9.92. The maximum Gasteiger partial charge on any atom is 0.0107 e. The standard InChI is InChI=1S/C7H17N3.C6H14N2/c8-2-1-5-10-6-3-9-4-7-10;7-5-2-1-3-6(8)4-5/h9H,1-8H2;5-6H,1-4,7-8H2. The molecule has 0 aromatic rings. The van der Waals surface area contributed by atoms with Crippen LogP contribution in [0.5, 0.6) is 0 Å². The maximum absolute atomic E-state index is 5.65. The second-order valence-corrected chi connectivity index (χ2v) is 5.42. The van der Waals surface area contributed by atoms with Gasteiger partial charge in [0.05, 0.1) is 0 Å². The van der Waals surface area contributed by atoms with Crippen LogP contribution in [0.3, 0.4) is 0 Å². The number of rotatable bonds is 3. The second kappa shape index (κ2) is 9.69. The Labute approximate surface area is 111 Å². The fourth-order valence-corrected chi connectivity index (χ4v) is 2.52. The van der Waals surface area contributed by atoms with Crippen molar-refractivity contribution in [3.05, 3.63) is 0 Å². The lowest BCUT2D eigenvalue weighted by Gasteiger charge is -2.26. The van der Waals surface area contributed by atoms with E-state index in [1.54, 1.807) is 0 Å². The van der Waals surface area contributed by atoms with Crippen LogP contribution in [0.25, 0.3) is 0 Å². The van der Waals surface area contributed by atoms with Gasteiger partial charge in [-0.15, -0.1) is 0 Å². The molecule has 2 rings (SSSR count). The van der Waals surface area contributed by atoms with Gasteiger partial charge in [0.25, 0.3) is 0 Å². The SMILES string of the molecule is NC1CCCC(N)C1.NCCCN1CCNCC1. The highest BCUT2D eigenvalue weighted by Crippen LogP contribution is 2.14. The van der Waals surface area contributed by atoms with E-state index in [9.17, 15) is 0 Å². The fourth-order valence-electron chi connectivity index (χ4n) is 2.52. The number of nitrogens with one attached hydrogen (secondary N) is 1. The molecule has 2 fully saturated rings. The average Bonchev–Trinajstić information content (AvgIpc) is 2.38. The minimum absolute atomic E-state index is 0.388. The van der Waals surface area contributed by atoms with Crippen molar-refractivity contribution in [2.24, 2.45) is 17.2 Å². The van der Waals surface area contributed by atoms with Gasteiger partial charge in [0.2, 0.25) is 0 Å². The molecular formula is C13H31N5. The first kappa shape index (κ1) is 15.9. The molecule has 2 aliphatic rings. The zero-order valence-electron chi connectivity index (χ0n) is 11.6. The minimum Gasteiger partial charge on any atom is -0.330 e. The lowest BCUT2D eigenvalue weighted by Crippen LogP contribution is -2.44. The van der Waals surface area contributed by atoms with Gasteiger partial charge in [-0.25, -0.2) is 0 Å². The van der Waals surface area contributed by atoms with Crippen LogP contribution in [0.2, 0.25) is 0 Å². The molecule has 0 spiro atoms. The summed E-state index contributed by atoms with van der Waals surface area (Å²) in [7, 11) is 0. The van der Waals surface area contributed by atoms with Crippen molar-refractivity contribution in [1.82, 2.24) is 10.2 Å². The first-order valence-electron chi connectivity index (χ1n) is 7.36. The molecule has 1 heterocycles. The molecule has 1 aliphatic carbocycles. The summed E-state index contributed by atoms with van der Waals surface area (Å²) < 4.78 is 0. The number of piperazine rings is 1. The fraction of sp³-hybridized carbons (Fsp3) is 1.00. The molecule has 7 N–H and O–H groups in total. The molecule has 2 atom stereocenters.